The number of hydrogen-bond acceptors (Lipinski definition) is 2. The summed E-state index contributed by atoms with van der Waals surface area (Å²) in [6.45, 7) is 6.36. The number of carbonyl (C=O) groups excluding carboxylic acids is 2. The molecule has 4 nitrogen and oxygen atoms in total. The standard InChI is InChI=1S/C19H26N2O2/c1-15-7-3-4-8-16(15)10-14-21-17(22)9-11-19(21,2)18(23)20-12-5-6-13-20/h3-4,7-8H,5-6,9-14H2,1-2H3/t19-/m1/s1. The number of benzene rings is 1. The van der Waals surface area contributed by atoms with E-state index in [1.165, 1.54) is 11.1 Å². The molecule has 0 radical (unpaired) electrons. The molecule has 3 rings (SSSR count). The summed E-state index contributed by atoms with van der Waals surface area (Å²) in [4.78, 5) is 29.1. The van der Waals surface area contributed by atoms with Gasteiger partial charge in [-0.25, -0.2) is 0 Å². The van der Waals surface area contributed by atoms with Crippen molar-refractivity contribution >= 4 is 11.8 Å². The van der Waals surface area contributed by atoms with Crippen LogP contribution >= 0.6 is 0 Å². The molecule has 1 atom stereocenters. The fraction of sp³-hybridized carbons (Fsp3) is 0.579. The van der Waals surface area contributed by atoms with Crippen LogP contribution in [0, 0.1) is 6.92 Å². The maximum atomic E-state index is 12.9. The Balaban J connectivity index is 1.74. The van der Waals surface area contributed by atoms with Crippen molar-refractivity contribution in [3.63, 3.8) is 0 Å². The second kappa shape index (κ2) is 6.34. The Morgan fingerprint density at radius 2 is 1.91 bits per heavy atom. The van der Waals surface area contributed by atoms with Crippen molar-refractivity contribution in [2.45, 2.75) is 51.5 Å². The molecule has 2 saturated heterocycles. The molecule has 2 fully saturated rings. The van der Waals surface area contributed by atoms with Crippen molar-refractivity contribution in [1.82, 2.24) is 9.80 Å². The number of hydrogen-bond donors (Lipinski definition) is 0. The molecule has 0 spiro atoms. The smallest absolute Gasteiger partial charge is 0.248 e. The molecule has 0 aromatic heterocycles. The number of nitrogens with zero attached hydrogens (tertiary/aromatic N) is 2. The van der Waals surface area contributed by atoms with E-state index in [2.05, 4.69) is 19.1 Å². The molecule has 2 aliphatic rings. The summed E-state index contributed by atoms with van der Waals surface area (Å²) in [6, 6.07) is 8.26. The monoisotopic (exact) mass is 314 g/mol. The molecular formula is C19H26N2O2. The molecule has 1 aromatic rings. The first-order valence-corrected chi connectivity index (χ1v) is 8.67. The van der Waals surface area contributed by atoms with Crippen LogP contribution in [-0.2, 0) is 16.0 Å². The van der Waals surface area contributed by atoms with Crippen molar-refractivity contribution in [2.24, 2.45) is 0 Å². The molecule has 0 aliphatic carbocycles. The lowest BCUT2D eigenvalue weighted by Crippen LogP contribution is -2.55. The third-order valence-corrected chi connectivity index (χ3v) is 5.44. The first kappa shape index (κ1) is 16.0. The minimum absolute atomic E-state index is 0.119. The number of amides is 2. The molecule has 2 aliphatic heterocycles. The van der Waals surface area contributed by atoms with Gasteiger partial charge in [0, 0.05) is 26.1 Å². The number of likely N-dealkylation sites (tertiary alicyclic amines) is 2. The van der Waals surface area contributed by atoms with Crippen molar-refractivity contribution in [1.29, 1.82) is 0 Å². The summed E-state index contributed by atoms with van der Waals surface area (Å²) >= 11 is 0. The maximum absolute atomic E-state index is 12.9. The average Bonchev–Trinajstić information content (AvgIpc) is 3.16. The third-order valence-electron chi connectivity index (χ3n) is 5.44. The lowest BCUT2D eigenvalue weighted by Gasteiger charge is -2.37. The van der Waals surface area contributed by atoms with Gasteiger partial charge in [0.15, 0.2) is 0 Å². The summed E-state index contributed by atoms with van der Waals surface area (Å²) in [7, 11) is 0. The average molecular weight is 314 g/mol. The summed E-state index contributed by atoms with van der Waals surface area (Å²) in [5.74, 6) is 0.263. The van der Waals surface area contributed by atoms with Gasteiger partial charge >= 0.3 is 0 Å². The highest BCUT2D eigenvalue weighted by Crippen LogP contribution is 2.33. The van der Waals surface area contributed by atoms with E-state index in [4.69, 9.17) is 0 Å². The van der Waals surface area contributed by atoms with Gasteiger partial charge in [-0.3, -0.25) is 9.59 Å². The topological polar surface area (TPSA) is 40.6 Å². The first-order valence-electron chi connectivity index (χ1n) is 8.67. The van der Waals surface area contributed by atoms with Crippen LogP contribution in [-0.4, -0.2) is 46.8 Å². The SMILES string of the molecule is Cc1ccccc1CCN1C(=O)CC[C@]1(C)C(=O)N1CCCC1. The number of rotatable bonds is 4. The molecular weight excluding hydrogens is 288 g/mol. The summed E-state index contributed by atoms with van der Waals surface area (Å²) in [5, 5.41) is 0. The maximum Gasteiger partial charge on any atom is 0.248 e. The van der Waals surface area contributed by atoms with E-state index in [-0.39, 0.29) is 11.8 Å². The van der Waals surface area contributed by atoms with Crippen molar-refractivity contribution < 1.29 is 9.59 Å². The third kappa shape index (κ3) is 2.99. The minimum Gasteiger partial charge on any atom is -0.341 e. The van der Waals surface area contributed by atoms with Crippen LogP contribution in [0.4, 0.5) is 0 Å². The Morgan fingerprint density at radius 1 is 1.22 bits per heavy atom. The van der Waals surface area contributed by atoms with E-state index in [1.807, 2.05) is 28.9 Å². The predicted molar refractivity (Wildman–Crippen MR) is 90.0 cm³/mol. The second-order valence-corrected chi connectivity index (χ2v) is 7.00. The largest absolute Gasteiger partial charge is 0.341 e. The van der Waals surface area contributed by atoms with Crippen LogP contribution in [0.5, 0.6) is 0 Å². The molecule has 2 heterocycles. The highest BCUT2D eigenvalue weighted by atomic mass is 16.2. The summed E-state index contributed by atoms with van der Waals surface area (Å²) in [6.07, 6.45) is 4.11. The lowest BCUT2D eigenvalue weighted by molar-refractivity contribution is -0.146. The van der Waals surface area contributed by atoms with E-state index in [1.54, 1.807) is 0 Å². The van der Waals surface area contributed by atoms with Crippen LogP contribution < -0.4 is 0 Å². The lowest BCUT2D eigenvalue weighted by atomic mass is 9.96. The van der Waals surface area contributed by atoms with Gasteiger partial charge in [-0.05, 0) is 50.7 Å². The fourth-order valence-electron chi connectivity index (χ4n) is 3.87. The van der Waals surface area contributed by atoms with Gasteiger partial charge in [0.05, 0.1) is 0 Å². The van der Waals surface area contributed by atoms with E-state index < -0.39 is 5.54 Å². The zero-order valence-electron chi connectivity index (χ0n) is 14.2. The van der Waals surface area contributed by atoms with E-state index in [0.717, 1.165) is 32.4 Å². The van der Waals surface area contributed by atoms with Gasteiger partial charge in [-0.2, -0.15) is 0 Å². The molecule has 0 saturated carbocycles. The Hall–Kier alpha value is -1.84. The zero-order chi connectivity index (χ0) is 16.4. The van der Waals surface area contributed by atoms with E-state index in [0.29, 0.717) is 19.4 Å². The van der Waals surface area contributed by atoms with Crippen molar-refractivity contribution in [2.75, 3.05) is 19.6 Å². The van der Waals surface area contributed by atoms with Gasteiger partial charge in [0.25, 0.3) is 0 Å². The highest BCUT2D eigenvalue weighted by molar-refractivity contribution is 5.94. The normalized spacial score (nSPS) is 24.5. The molecule has 2 amide bonds. The van der Waals surface area contributed by atoms with E-state index >= 15 is 0 Å². The molecule has 4 heteroatoms. The van der Waals surface area contributed by atoms with Crippen LogP contribution in [0.25, 0.3) is 0 Å². The van der Waals surface area contributed by atoms with Gasteiger partial charge in [0.1, 0.15) is 5.54 Å². The summed E-state index contributed by atoms with van der Waals surface area (Å²) in [5.41, 5.74) is 1.85. The molecule has 124 valence electrons. The molecule has 0 unspecified atom stereocenters. The zero-order valence-corrected chi connectivity index (χ0v) is 14.2. The summed E-state index contributed by atoms with van der Waals surface area (Å²) < 4.78 is 0. The van der Waals surface area contributed by atoms with Crippen molar-refractivity contribution in [3.8, 4) is 0 Å². The van der Waals surface area contributed by atoms with Gasteiger partial charge in [-0.1, -0.05) is 24.3 Å². The molecule has 23 heavy (non-hydrogen) atoms. The Kier molecular flexibility index (Phi) is 4.42. The number of aryl methyl sites for hydroxylation is 1. The second-order valence-electron chi connectivity index (χ2n) is 7.00. The number of carbonyl (C=O) groups is 2. The Labute approximate surface area is 138 Å². The molecule has 0 bridgehead atoms. The van der Waals surface area contributed by atoms with Crippen LogP contribution in [0.3, 0.4) is 0 Å². The van der Waals surface area contributed by atoms with Crippen molar-refractivity contribution in [3.05, 3.63) is 35.4 Å². The molecule has 0 N–H and O–H groups in total. The first-order chi connectivity index (χ1) is 11.0. The highest BCUT2D eigenvalue weighted by Gasteiger charge is 2.48. The predicted octanol–water partition coefficient (Wildman–Crippen LogP) is 2.54. The molecule has 1 aromatic carbocycles. The van der Waals surface area contributed by atoms with E-state index in [9.17, 15) is 9.59 Å². The Morgan fingerprint density at radius 3 is 2.61 bits per heavy atom. The fourth-order valence-corrected chi connectivity index (χ4v) is 3.87. The van der Waals surface area contributed by atoms with Gasteiger partial charge in [0.2, 0.25) is 11.8 Å². The van der Waals surface area contributed by atoms with Crippen LogP contribution in [0.15, 0.2) is 24.3 Å². The minimum atomic E-state index is -0.649. The quantitative estimate of drug-likeness (QED) is 0.857. The van der Waals surface area contributed by atoms with Gasteiger partial charge < -0.3 is 9.80 Å². The van der Waals surface area contributed by atoms with Gasteiger partial charge in [-0.15, -0.1) is 0 Å². The van der Waals surface area contributed by atoms with Crippen LogP contribution in [0.2, 0.25) is 0 Å². The van der Waals surface area contributed by atoms with Crippen LogP contribution in [0.1, 0.15) is 43.7 Å². The Bertz CT molecular complexity index is 607.